The molecule has 0 saturated heterocycles. The van der Waals surface area contributed by atoms with Gasteiger partial charge in [0.15, 0.2) is 6.10 Å². The zero-order valence-electron chi connectivity index (χ0n) is 13.3. The fourth-order valence-corrected chi connectivity index (χ4v) is 1.97. The Morgan fingerprint density at radius 3 is 2.22 bits per heavy atom. The molecular weight excluding hydrogens is 320 g/mol. The lowest BCUT2D eigenvalue weighted by atomic mass is 10.0. The van der Waals surface area contributed by atoms with Crippen molar-refractivity contribution in [2.75, 3.05) is 0 Å². The first-order valence-electron chi connectivity index (χ1n) is 7.27. The Labute approximate surface area is 140 Å². The van der Waals surface area contributed by atoms with Crippen molar-refractivity contribution in [2.24, 2.45) is 11.7 Å². The third kappa shape index (κ3) is 6.28. The fourth-order valence-electron chi connectivity index (χ4n) is 1.84. The van der Waals surface area contributed by atoms with E-state index in [0.29, 0.717) is 17.0 Å². The molecule has 2 atom stereocenters. The highest BCUT2D eigenvalue weighted by Gasteiger charge is 2.26. The van der Waals surface area contributed by atoms with Gasteiger partial charge in [-0.25, -0.2) is 4.79 Å². The van der Waals surface area contributed by atoms with Crippen LogP contribution in [0.15, 0.2) is 24.3 Å². The summed E-state index contributed by atoms with van der Waals surface area (Å²) in [5, 5.41) is 3.13. The number of hydrogen-bond acceptors (Lipinski definition) is 4. The number of carbonyl (C=O) groups excluding carboxylic acids is 3. The SMILES string of the molecule is CC(C)C[C@H](NC(=O)c1ccc(Cl)cc1)C(=O)O[C@H](C)C(N)=O. The van der Waals surface area contributed by atoms with Crippen LogP contribution in [0.4, 0.5) is 0 Å². The van der Waals surface area contributed by atoms with Crippen LogP contribution in [-0.2, 0) is 14.3 Å². The quantitative estimate of drug-likeness (QED) is 0.740. The number of esters is 1. The van der Waals surface area contributed by atoms with E-state index in [0.717, 1.165) is 0 Å². The molecular formula is C16H21ClN2O4. The van der Waals surface area contributed by atoms with E-state index in [1.54, 1.807) is 24.3 Å². The highest BCUT2D eigenvalue weighted by Crippen LogP contribution is 2.12. The molecule has 2 amide bonds. The van der Waals surface area contributed by atoms with Crippen molar-refractivity contribution in [2.45, 2.75) is 39.3 Å². The second-order valence-corrected chi connectivity index (χ2v) is 6.08. The molecule has 0 aliphatic heterocycles. The van der Waals surface area contributed by atoms with E-state index in [4.69, 9.17) is 22.1 Å². The van der Waals surface area contributed by atoms with Gasteiger partial charge in [0.1, 0.15) is 6.04 Å². The van der Waals surface area contributed by atoms with Crippen LogP contribution in [0.1, 0.15) is 37.6 Å². The van der Waals surface area contributed by atoms with E-state index in [1.807, 2.05) is 13.8 Å². The van der Waals surface area contributed by atoms with Crippen molar-refractivity contribution in [3.8, 4) is 0 Å². The van der Waals surface area contributed by atoms with E-state index in [2.05, 4.69) is 5.32 Å². The van der Waals surface area contributed by atoms with Gasteiger partial charge in [-0.2, -0.15) is 0 Å². The summed E-state index contributed by atoms with van der Waals surface area (Å²) in [5.74, 6) is -1.71. The fraction of sp³-hybridized carbons (Fsp3) is 0.438. The maximum atomic E-state index is 12.2. The van der Waals surface area contributed by atoms with Crippen molar-refractivity contribution < 1.29 is 19.1 Å². The van der Waals surface area contributed by atoms with Crippen molar-refractivity contribution in [1.29, 1.82) is 0 Å². The number of rotatable bonds is 7. The van der Waals surface area contributed by atoms with Gasteiger partial charge in [0, 0.05) is 10.6 Å². The number of halogens is 1. The zero-order chi connectivity index (χ0) is 17.6. The molecule has 0 spiro atoms. The van der Waals surface area contributed by atoms with Crippen LogP contribution in [0, 0.1) is 5.92 Å². The largest absolute Gasteiger partial charge is 0.451 e. The number of primary amides is 1. The van der Waals surface area contributed by atoms with Crippen molar-refractivity contribution >= 4 is 29.4 Å². The third-order valence-electron chi connectivity index (χ3n) is 3.10. The van der Waals surface area contributed by atoms with Crippen LogP contribution < -0.4 is 11.1 Å². The third-order valence-corrected chi connectivity index (χ3v) is 3.35. The maximum absolute atomic E-state index is 12.2. The van der Waals surface area contributed by atoms with E-state index < -0.39 is 29.9 Å². The van der Waals surface area contributed by atoms with Crippen LogP contribution in [-0.4, -0.2) is 29.9 Å². The number of ether oxygens (including phenoxy) is 1. The van der Waals surface area contributed by atoms with Crippen LogP contribution in [0.3, 0.4) is 0 Å². The Kier molecular flexibility index (Phi) is 7.03. The molecule has 1 aromatic carbocycles. The van der Waals surface area contributed by atoms with E-state index in [-0.39, 0.29) is 5.92 Å². The van der Waals surface area contributed by atoms with E-state index >= 15 is 0 Å². The van der Waals surface area contributed by atoms with Gasteiger partial charge in [0.2, 0.25) is 0 Å². The molecule has 0 saturated carbocycles. The van der Waals surface area contributed by atoms with Gasteiger partial charge in [-0.05, 0) is 43.5 Å². The Balaban J connectivity index is 2.81. The van der Waals surface area contributed by atoms with Gasteiger partial charge < -0.3 is 15.8 Å². The lowest BCUT2D eigenvalue weighted by Gasteiger charge is -2.21. The van der Waals surface area contributed by atoms with E-state index in [1.165, 1.54) is 6.92 Å². The van der Waals surface area contributed by atoms with E-state index in [9.17, 15) is 14.4 Å². The number of nitrogens with one attached hydrogen (secondary N) is 1. The monoisotopic (exact) mass is 340 g/mol. The highest BCUT2D eigenvalue weighted by atomic mass is 35.5. The molecule has 6 nitrogen and oxygen atoms in total. The number of hydrogen-bond donors (Lipinski definition) is 2. The average Bonchev–Trinajstić information content (AvgIpc) is 2.46. The summed E-state index contributed by atoms with van der Waals surface area (Å²) in [4.78, 5) is 35.4. The van der Waals surface area contributed by atoms with Crippen molar-refractivity contribution in [3.63, 3.8) is 0 Å². The average molecular weight is 341 g/mol. The van der Waals surface area contributed by atoms with Gasteiger partial charge >= 0.3 is 5.97 Å². The van der Waals surface area contributed by atoms with Crippen LogP contribution in [0.2, 0.25) is 5.02 Å². The van der Waals surface area contributed by atoms with Crippen molar-refractivity contribution in [1.82, 2.24) is 5.32 Å². The molecule has 126 valence electrons. The minimum Gasteiger partial charge on any atom is -0.451 e. The Morgan fingerprint density at radius 2 is 1.74 bits per heavy atom. The molecule has 0 aromatic heterocycles. The predicted molar refractivity (Wildman–Crippen MR) is 86.9 cm³/mol. The smallest absolute Gasteiger partial charge is 0.329 e. The van der Waals surface area contributed by atoms with Crippen LogP contribution in [0.25, 0.3) is 0 Å². The summed E-state index contributed by atoms with van der Waals surface area (Å²) in [6.07, 6.45) is -0.673. The van der Waals surface area contributed by atoms with Gasteiger partial charge in [-0.1, -0.05) is 25.4 Å². The predicted octanol–water partition coefficient (Wildman–Crippen LogP) is 1.90. The summed E-state index contributed by atoms with van der Waals surface area (Å²) in [6.45, 7) is 5.20. The second kappa shape index (κ2) is 8.53. The molecule has 0 heterocycles. The molecule has 1 rings (SSSR count). The molecule has 0 radical (unpaired) electrons. The number of benzene rings is 1. The molecule has 7 heteroatoms. The summed E-state index contributed by atoms with van der Waals surface area (Å²) in [5.41, 5.74) is 5.45. The first-order valence-corrected chi connectivity index (χ1v) is 7.64. The highest BCUT2D eigenvalue weighted by molar-refractivity contribution is 6.30. The summed E-state index contributed by atoms with van der Waals surface area (Å²) < 4.78 is 4.98. The Hall–Kier alpha value is -2.08. The Bertz CT molecular complexity index is 572. The summed E-state index contributed by atoms with van der Waals surface area (Å²) in [7, 11) is 0. The van der Waals surface area contributed by atoms with Crippen LogP contribution in [0.5, 0.6) is 0 Å². The maximum Gasteiger partial charge on any atom is 0.329 e. The van der Waals surface area contributed by atoms with Gasteiger partial charge in [0.25, 0.3) is 11.8 Å². The molecule has 0 bridgehead atoms. The Morgan fingerprint density at radius 1 is 1.17 bits per heavy atom. The summed E-state index contributed by atoms with van der Waals surface area (Å²) in [6, 6.07) is 5.42. The topological polar surface area (TPSA) is 98.5 Å². The molecule has 1 aromatic rings. The number of carbonyl (C=O) groups is 3. The first-order chi connectivity index (χ1) is 10.7. The standard InChI is InChI=1S/C16H21ClN2O4/c1-9(2)8-13(16(22)23-10(3)14(18)20)19-15(21)11-4-6-12(17)7-5-11/h4-7,9-10,13H,8H2,1-3H3,(H2,18,20)(H,19,21)/t10-,13+/m1/s1. The van der Waals surface area contributed by atoms with Gasteiger partial charge in [-0.15, -0.1) is 0 Å². The molecule has 0 aliphatic carbocycles. The van der Waals surface area contributed by atoms with Gasteiger partial charge in [-0.3, -0.25) is 9.59 Å². The normalized spacial score (nSPS) is 13.3. The zero-order valence-corrected chi connectivity index (χ0v) is 14.1. The summed E-state index contributed by atoms with van der Waals surface area (Å²) >= 11 is 5.78. The van der Waals surface area contributed by atoms with Crippen LogP contribution >= 0.6 is 11.6 Å². The first kappa shape index (κ1) is 19.0. The minimum atomic E-state index is -1.05. The van der Waals surface area contributed by atoms with Gasteiger partial charge in [0.05, 0.1) is 0 Å². The number of amides is 2. The second-order valence-electron chi connectivity index (χ2n) is 5.64. The minimum absolute atomic E-state index is 0.141. The molecule has 3 N–H and O–H groups in total. The molecule has 23 heavy (non-hydrogen) atoms. The molecule has 0 fully saturated rings. The lowest BCUT2D eigenvalue weighted by Crippen LogP contribution is -2.45. The lowest BCUT2D eigenvalue weighted by molar-refractivity contribution is -0.156. The molecule has 0 unspecified atom stereocenters. The number of nitrogens with two attached hydrogens (primary N) is 1. The van der Waals surface area contributed by atoms with Crippen molar-refractivity contribution in [3.05, 3.63) is 34.9 Å². The molecule has 0 aliphatic rings.